The summed E-state index contributed by atoms with van der Waals surface area (Å²) in [6.45, 7) is 4.95. The lowest BCUT2D eigenvalue weighted by Crippen LogP contribution is -2.17. The topological polar surface area (TPSA) is 52.7 Å². The quantitative estimate of drug-likeness (QED) is 0.390. The maximum absolute atomic E-state index is 13.2. The van der Waals surface area contributed by atoms with Gasteiger partial charge in [0.1, 0.15) is 16.9 Å². The lowest BCUT2D eigenvalue weighted by molar-refractivity contribution is 0.753. The Hall–Kier alpha value is -2.96. The molecule has 0 saturated heterocycles. The second-order valence-electron chi connectivity index (χ2n) is 6.83. The van der Waals surface area contributed by atoms with Crippen LogP contribution in [0, 0.1) is 6.92 Å². The first-order valence-corrected chi connectivity index (χ1v) is 10.5. The summed E-state index contributed by atoms with van der Waals surface area (Å²) in [5.74, 6) is 0.964. The SMILES string of the molecule is CCn1c(C)nc2cc(-n3cnc4cc(-c5ccc(Cl)cc5)sc4c3=O)ccc21. The number of halogens is 1. The summed E-state index contributed by atoms with van der Waals surface area (Å²) in [5, 5.41) is 0.687. The van der Waals surface area contributed by atoms with Crippen LogP contribution in [0.15, 0.2) is 59.7 Å². The Morgan fingerprint density at radius 3 is 2.62 bits per heavy atom. The molecule has 0 saturated carbocycles. The van der Waals surface area contributed by atoms with Crippen molar-refractivity contribution in [2.24, 2.45) is 0 Å². The van der Waals surface area contributed by atoms with Gasteiger partial charge < -0.3 is 4.57 Å². The molecule has 5 nitrogen and oxygen atoms in total. The van der Waals surface area contributed by atoms with Gasteiger partial charge in [-0.1, -0.05) is 23.7 Å². The van der Waals surface area contributed by atoms with Crippen LogP contribution in [0.4, 0.5) is 0 Å². The first-order chi connectivity index (χ1) is 14.0. The van der Waals surface area contributed by atoms with Crippen molar-refractivity contribution in [3.8, 4) is 16.1 Å². The lowest BCUT2D eigenvalue weighted by Gasteiger charge is -2.06. The average Bonchev–Trinajstić information content (AvgIpc) is 3.29. The van der Waals surface area contributed by atoms with Gasteiger partial charge in [-0.05, 0) is 55.8 Å². The van der Waals surface area contributed by atoms with Gasteiger partial charge in [0.05, 0.1) is 22.2 Å². The van der Waals surface area contributed by atoms with Crippen LogP contribution in [0.2, 0.25) is 5.02 Å². The summed E-state index contributed by atoms with van der Waals surface area (Å²) in [6, 6.07) is 15.4. The Balaban J connectivity index is 1.64. The van der Waals surface area contributed by atoms with Crippen molar-refractivity contribution in [3.05, 3.63) is 76.1 Å². The molecule has 29 heavy (non-hydrogen) atoms. The molecule has 5 aromatic rings. The van der Waals surface area contributed by atoms with Gasteiger partial charge in [-0.3, -0.25) is 9.36 Å². The van der Waals surface area contributed by atoms with Gasteiger partial charge in [0.15, 0.2) is 0 Å². The van der Waals surface area contributed by atoms with Crippen LogP contribution >= 0.6 is 22.9 Å². The summed E-state index contributed by atoms with van der Waals surface area (Å²) in [7, 11) is 0. The number of aryl methyl sites for hydroxylation is 2. The minimum atomic E-state index is -0.0776. The molecule has 144 valence electrons. The van der Waals surface area contributed by atoms with Crippen molar-refractivity contribution in [3.63, 3.8) is 0 Å². The average molecular weight is 421 g/mol. The highest BCUT2D eigenvalue weighted by Crippen LogP contribution is 2.31. The Bertz CT molecular complexity index is 1430. The highest BCUT2D eigenvalue weighted by Gasteiger charge is 2.13. The van der Waals surface area contributed by atoms with Crippen molar-refractivity contribution in [2.45, 2.75) is 20.4 Å². The van der Waals surface area contributed by atoms with E-state index in [-0.39, 0.29) is 5.56 Å². The maximum Gasteiger partial charge on any atom is 0.275 e. The molecule has 0 bridgehead atoms. The minimum absolute atomic E-state index is 0.0776. The van der Waals surface area contributed by atoms with Gasteiger partial charge in [-0.2, -0.15) is 0 Å². The Labute approximate surface area is 175 Å². The summed E-state index contributed by atoms with van der Waals surface area (Å²) >= 11 is 7.43. The van der Waals surface area contributed by atoms with E-state index in [0.717, 1.165) is 39.5 Å². The van der Waals surface area contributed by atoms with E-state index in [1.807, 2.05) is 55.5 Å². The fraction of sp³-hybridized carbons (Fsp3) is 0.136. The van der Waals surface area contributed by atoms with Crippen molar-refractivity contribution in [1.29, 1.82) is 0 Å². The highest BCUT2D eigenvalue weighted by atomic mass is 35.5. The standard InChI is InChI=1S/C22H17ClN4OS/c1-3-26-13(2)25-17-10-16(8-9-19(17)26)27-12-24-18-11-20(29-21(18)22(27)28)14-4-6-15(23)7-5-14/h4-12H,3H2,1-2H3. The number of thiophene rings is 1. The molecular formula is C22H17ClN4OS. The van der Waals surface area contributed by atoms with Crippen LogP contribution in [0.3, 0.4) is 0 Å². The normalized spacial score (nSPS) is 11.6. The molecule has 0 atom stereocenters. The molecule has 0 N–H and O–H groups in total. The number of fused-ring (bicyclic) bond motifs is 2. The van der Waals surface area contributed by atoms with E-state index >= 15 is 0 Å². The number of hydrogen-bond donors (Lipinski definition) is 0. The number of hydrogen-bond acceptors (Lipinski definition) is 4. The third kappa shape index (κ3) is 2.96. The molecule has 5 rings (SSSR count). The first kappa shape index (κ1) is 18.1. The number of imidazole rings is 1. The predicted octanol–water partition coefficient (Wildman–Crippen LogP) is 5.45. The molecule has 0 amide bonds. The van der Waals surface area contributed by atoms with E-state index in [1.165, 1.54) is 11.3 Å². The van der Waals surface area contributed by atoms with Gasteiger partial charge in [-0.15, -0.1) is 11.3 Å². The molecule has 0 aliphatic rings. The molecular weight excluding hydrogens is 404 g/mol. The Kier molecular flexibility index (Phi) is 4.26. The molecule has 7 heteroatoms. The third-order valence-electron chi connectivity index (χ3n) is 5.08. The van der Waals surface area contributed by atoms with Crippen LogP contribution in [0.25, 0.3) is 37.4 Å². The zero-order chi connectivity index (χ0) is 20.1. The molecule has 0 fully saturated rings. The van der Waals surface area contributed by atoms with Crippen molar-refractivity contribution in [2.75, 3.05) is 0 Å². The third-order valence-corrected chi connectivity index (χ3v) is 6.50. The fourth-order valence-corrected chi connectivity index (χ4v) is 4.81. The first-order valence-electron chi connectivity index (χ1n) is 9.29. The van der Waals surface area contributed by atoms with Crippen LogP contribution in [-0.2, 0) is 6.54 Å². The zero-order valence-corrected chi connectivity index (χ0v) is 17.5. The summed E-state index contributed by atoms with van der Waals surface area (Å²) in [5.41, 5.74) is 4.35. The van der Waals surface area contributed by atoms with Crippen LogP contribution in [0.5, 0.6) is 0 Å². The summed E-state index contributed by atoms with van der Waals surface area (Å²) < 4.78 is 4.37. The van der Waals surface area contributed by atoms with Gasteiger partial charge >= 0.3 is 0 Å². The molecule has 0 radical (unpaired) electrons. The number of rotatable bonds is 3. The molecule has 0 unspecified atom stereocenters. The van der Waals surface area contributed by atoms with E-state index in [9.17, 15) is 4.79 Å². The van der Waals surface area contributed by atoms with Crippen LogP contribution in [0.1, 0.15) is 12.7 Å². The number of aromatic nitrogens is 4. The second kappa shape index (κ2) is 6.83. The smallest absolute Gasteiger partial charge is 0.275 e. The van der Waals surface area contributed by atoms with E-state index in [4.69, 9.17) is 11.6 Å². The highest BCUT2D eigenvalue weighted by molar-refractivity contribution is 7.22. The maximum atomic E-state index is 13.2. The van der Waals surface area contributed by atoms with Crippen molar-refractivity contribution >= 4 is 44.2 Å². The van der Waals surface area contributed by atoms with Crippen LogP contribution in [-0.4, -0.2) is 19.1 Å². The largest absolute Gasteiger partial charge is 0.329 e. The molecule has 0 spiro atoms. The van der Waals surface area contributed by atoms with Gasteiger partial charge in [-0.25, -0.2) is 9.97 Å². The van der Waals surface area contributed by atoms with E-state index < -0.39 is 0 Å². The van der Waals surface area contributed by atoms with E-state index in [0.29, 0.717) is 15.2 Å². The van der Waals surface area contributed by atoms with E-state index in [2.05, 4.69) is 21.5 Å². The fourth-order valence-electron chi connectivity index (χ4n) is 3.64. The molecule has 2 aromatic carbocycles. The van der Waals surface area contributed by atoms with Crippen molar-refractivity contribution in [1.82, 2.24) is 19.1 Å². The number of nitrogens with zero attached hydrogens (tertiary/aromatic N) is 4. The predicted molar refractivity (Wildman–Crippen MR) is 119 cm³/mol. The van der Waals surface area contributed by atoms with E-state index in [1.54, 1.807) is 10.9 Å². The Morgan fingerprint density at radius 2 is 1.86 bits per heavy atom. The monoisotopic (exact) mass is 420 g/mol. The second-order valence-corrected chi connectivity index (χ2v) is 8.32. The Morgan fingerprint density at radius 1 is 1.07 bits per heavy atom. The molecule has 3 heterocycles. The summed E-state index contributed by atoms with van der Waals surface area (Å²) in [4.78, 5) is 23.3. The molecule has 0 aliphatic carbocycles. The van der Waals surface area contributed by atoms with Gasteiger partial charge in [0.25, 0.3) is 5.56 Å². The van der Waals surface area contributed by atoms with Gasteiger partial charge in [0.2, 0.25) is 0 Å². The zero-order valence-electron chi connectivity index (χ0n) is 15.9. The molecule has 0 aliphatic heterocycles. The van der Waals surface area contributed by atoms with Crippen molar-refractivity contribution < 1.29 is 0 Å². The lowest BCUT2D eigenvalue weighted by atomic mass is 10.2. The van der Waals surface area contributed by atoms with Gasteiger partial charge in [0, 0.05) is 16.4 Å². The number of benzene rings is 2. The molecule has 3 aromatic heterocycles. The summed E-state index contributed by atoms with van der Waals surface area (Å²) in [6.07, 6.45) is 1.59. The minimum Gasteiger partial charge on any atom is -0.329 e. The van der Waals surface area contributed by atoms with Crippen LogP contribution < -0.4 is 5.56 Å².